The van der Waals surface area contributed by atoms with E-state index < -0.39 is 0 Å². The molecule has 1 aliphatic rings. The average Bonchev–Trinajstić information content (AvgIpc) is 2.31. The Hall–Kier alpha value is -1.97. The van der Waals surface area contributed by atoms with E-state index in [0.717, 1.165) is 0 Å². The van der Waals surface area contributed by atoms with E-state index in [1.165, 1.54) is 18.3 Å². The molecule has 1 N–H and O–H groups in total. The SMILES string of the molecule is Cc1cc(N=CC2=C(O)CC(C)(C)CC2=O)ccc1F. The predicted molar refractivity (Wildman–Crippen MR) is 77.0 cm³/mol. The molecule has 0 fully saturated rings. The van der Waals surface area contributed by atoms with Crippen molar-refractivity contribution in [3.05, 3.63) is 40.9 Å². The van der Waals surface area contributed by atoms with E-state index in [1.807, 2.05) is 13.8 Å². The van der Waals surface area contributed by atoms with Crippen LogP contribution in [0.2, 0.25) is 0 Å². The number of nitrogens with zero attached hydrogens (tertiary/aromatic N) is 1. The average molecular weight is 275 g/mol. The number of aliphatic hydroxyl groups is 1. The second kappa shape index (κ2) is 5.19. The zero-order valence-corrected chi connectivity index (χ0v) is 11.9. The highest BCUT2D eigenvalue weighted by atomic mass is 19.1. The largest absolute Gasteiger partial charge is 0.511 e. The Labute approximate surface area is 117 Å². The van der Waals surface area contributed by atoms with Gasteiger partial charge in [-0.25, -0.2) is 4.39 Å². The number of allylic oxidation sites excluding steroid dienone is 2. The van der Waals surface area contributed by atoms with E-state index in [9.17, 15) is 14.3 Å². The first-order chi connectivity index (χ1) is 9.28. The van der Waals surface area contributed by atoms with Gasteiger partial charge in [-0.1, -0.05) is 13.8 Å². The summed E-state index contributed by atoms with van der Waals surface area (Å²) in [5.41, 5.74) is 1.09. The molecule has 0 aromatic heterocycles. The van der Waals surface area contributed by atoms with Crippen LogP contribution in [0.25, 0.3) is 0 Å². The first-order valence-electron chi connectivity index (χ1n) is 6.54. The van der Waals surface area contributed by atoms with Crippen LogP contribution in [0.4, 0.5) is 10.1 Å². The van der Waals surface area contributed by atoms with E-state index in [4.69, 9.17) is 0 Å². The van der Waals surface area contributed by atoms with Gasteiger partial charge in [-0.05, 0) is 36.1 Å². The smallest absolute Gasteiger partial charge is 0.168 e. The minimum Gasteiger partial charge on any atom is -0.511 e. The van der Waals surface area contributed by atoms with Crippen LogP contribution >= 0.6 is 0 Å². The maximum Gasteiger partial charge on any atom is 0.168 e. The van der Waals surface area contributed by atoms with Crippen LogP contribution in [0.15, 0.2) is 34.5 Å². The van der Waals surface area contributed by atoms with Gasteiger partial charge in [0.25, 0.3) is 0 Å². The molecule has 0 spiro atoms. The lowest BCUT2D eigenvalue weighted by atomic mass is 9.77. The summed E-state index contributed by atoms with van der Waals surface area (Å²) < 4.78 is 13.1. The summed E-state index contributed by atoms with van der Waals surface area (Å²) in [5, 5.41) is 9.96. The Balaban J connectivity index is 2.26. The number of hydrogen-bond acceptors (Lipinski definition) is 3. The molecule has 0 heterocycles. The molecule has 1 aromatic carbocycles. The normalized spacial score (nSPS) is 18.9. The van der Waals surface area contributed by atoms with Crippen molar-refractivity contribution in [1.29, 1.82) is 0 Å². The molecule has 0 atom stereocenters. The van der Waals surface area contributed by atoms with Gasteiger partial charge in [0, 0.05) is 19.1 Å². The lowest BCUT2D eigenvalue weighted by Gasteiger charge is -2.28. The van der Waals surface area contributed by atoms with Gasteiger partial charge >= 0.3 is 0 Å². The highest BCUT2D eigenvalue weighted by molar-refractivity contribution is 6.14. The van der Waals surface area contributed by atoms with Gasteiger partial charge in [0.1, 0.15) is 11.6 Å². The number of Topliss-reactive ketones (excluding diaryl/α,β-unsaturated/α-hetero) is 1. The third kappa shape index (κ3) is 3.13. The highest BCUT2D eigenvalue weighted by Gasteiger charge is 2.32. The molecule has 0 amide bonds. The molecule has 0 aliphatic heterocycles. The number of rotatable bonds is 2. The molecule has 0 saturated carbocycles. The van der Waals surface area contributed by atoms with E-state index in [0.29, 0.717) is 24.1 Å². The lowest BCUT2D eigenvalue weighted by molar-refractivity contribution is -0.117. The second-order valence-electron chi connectivity index (χ2n) is 5.99. The van der Waals surface area contributed by atoms with Gasteiger partial charge in [0.2, 0.25) is 0 Å². The van der Waals surface area contributed by atoms with Crippen molar-refractivity contribution in [2.75, 3.05) is 0 Å². The maximum atomic E-state index is 13.1. The number of carbonyl (C=O) groups excluding carboxylic acids is 1. The Morgan fingerprint density at radius 2 is 2.05 bits per heavy atom. The van der Waals surface area contributed by atoms with Crippen LogP contribution in [0.1, 0.15) is 32.3 Å². The van der Waals surface area contributed by atoms with Crippen molar-refractivity contribution in [3.63, 3.8) is 0 Å². The van der Waals surface area contributed by atoms with Gasteiger partial charge in [0.15, 0.2) is 5.78 Å². The molecule has 1 aliphatic carbocycles. The summed E-state index contributed by atoms with van der Waals surface area (Å²) in [4.78, 5) is 16.1. The Kier molecular flexibility index (Phi) is 3.75. The topological polar surface area (TPSA) is 49.7 Å². The van der Waals surface area contributed by atoms with Crippen molar-refractivity contribution in [3.8, 4) is 0 Å². The minimum absolute atomic E-state index is 0.0776. The molecular formula is C16H18FNO2. The van der Waals surface area contributed by atoms with E-state index in [-0.39, 0.29) is 28.3 Å². The predicted octanol–water partition coefficient (Wildman–Crippen LogP) is 4.04. The first-order valence-corrected chi connectivity index (χ1v) is 6.54. The van der Waals surface area contributed by atoms with Crippen LogP contribution in [0.3, 0.4) is 0 Å². The fourth-order valence-corrected chi connectivity index (χ4v) is 2.30. The number of carbonyl (C=O) groups is 1. The van der Waals surface area contributed by atoms with Crippen LogP contribution in [0, 0.1) is 18.2 Å². The van der Waals surface area contributed by atoms with Gasteiger partial charge in [-0.3, -0.25) is 9.79 Å². The second-order valence-corrected chi connectivity index (χ2v) is 5.99. The van der Waals surface area contributed by atoms with Crippen LogP contribution in [-0.4, -0.2) is 17.1 Å². The van der Waals surface area contributed by atoms with E-state index in [1.54, 1.807) is 13.0 Å². The molecule has 20 heavy (non-hydrogen) atoms. The molecule has 0 unspecified atom stereocenters. The van der Waals surface area contributed by atoms with Gasteiger partial charge in [-0.15, -0.1) is 0 Å². The number of benzene rings is 1. The summed E-state index contributed by atoms with van der Waals surface area (Å²) in [7, 11) is 0. The molecule has 4 heteroatoms. The fraction of sp³-hybridized carbons (Fsp3) is 0.375. The molecule has 3 nitrogen and oxygen atoms in total. The Morgan fingerprint density at radius 3 is 2.65 bits per heavy atom. The van der Waals surface area contributed by atoms with Gasteiger partial charge in [0.05, 0.1) is 11.3 Å². The number of aryl methyl sites for hydroxylation is 1. The maximum absolute atomic E-state index is 13.1. The zero-order valence-electron chi connectivity index (χ0n) is 11.9. The molecular weight excluding hydrogens is 257 g/mol. The molecule has 1 aromatic rings. The molecule has 0 bridgehead atoms. The lowest BCUT2D eigenvalue weighted by Crippen LogP contribution is -2.26. The highest BCUT2D eigenvalue weighted by Crippen LogP contribution is 2.35. The molecule has 0 saturated heterocycles. The van der Waals surface area contributed by atoms with E-state index >= 15 is 0 Å². The minimum atomic E-state index is -0.290. The van der Waals surface area contributed by atoms with Crippen molar-refractivity contribution >= 4 is 17.7 Å². The standard InChI is InChI=1S/C16H18FNO2/c1-10-6-11(4-5-13(10)17)18-9-12-14(19)7-16(2,3)8-15(12)20/h4-6,9,19H,7-8H2,1-3H3. The van der Waals surface area contributed by atoms with E-state index in [2.05, 4.69) is 4.99 Å². The number of aliphatic hydroxyl groups excluding tert-OH is 1. The molecule has 0 radical (unpaired) electrons. The summed E-state index contributed by atoms with van der Waals surface area (Å²) in [5.74, 6) is -0.323. The fourth-order valence-electron chi connectivity index (χ4n) is 2.30. The van der Waals surface area contributed by atoms with Crippen molar-refractivity contribution in [2.45, 2.75) is 33.6 Å². The summed E-state index contributed by atoms with van der Waals surface area (Å²) in [6.45, 7) is 5.54. The number of halogens is 1. The van der Waals surface area contributed by atoms with Crippen LogP contribution < -0.4 is 0 Å². The number of aliphatic imine (C=N–C) groups is 1. The van der Waals surface area contributed by atoms with Gasteiger partial charge in [-0.2, -0.15) is 0 Å². The Morgan fingerprint density at radius 1 is 1.35 bits per heavy atom. The molecule has 106 valence electrons. The summed E-state index contributed by atoms with van der Waals surface area (Å²) in [6.07, 6.45) is 2.23. The number of hydrogen-bond donors (Lipinski definition) is 1. The van der Waals surface area contributed by atoms with Crippen LogP contribution in [0.5, 0.6) is 0 Å². The summed E-state index contributed by atoms with van der Waals surface area (Å²) >= 11 is 0. The number of ketones is 1. The quantitative estimate of drug-likeness (QED) is 0.828. The van der Waals surface area contributed by atoms with Crippen LogP contribution in [-0.2, 0) is 4.79 Å². The zero-order chi connectivity index (χ0) is 14.9. The monoisotopic (exact) mass is 275 g/mol. The Bertz CT molecular complexity index is 615. The van der Waals surface area contributed by atoms with Crippen molar-refractivity contribution < 1.29 is 14.3 Å². The van der Waals surface area contributed by atoms with Crippen molar-refractivity contribution in [2.24, 2.45) is 10.4 Å². The third-order valence-electron chi connectivity index (χ3n) is 3.38. The summed E-state index contributed by atoms with van der Waals surface area (Å²) in [6, 6.07) is 4.47. The van der Waals surface area contributed by atoms with Crippen molar-refractivity contribution in [1.82, 2.24) is 0 Å². The first kappa shape index (κ1) is 14.4. The third-order valence-corrected chi connectivity index (χ3v) is 3.38. The molecule has 2 rings (SSSR count). The van der Waals surface area contributed by atoms with Gasteiger partial charge < -0.3 is 5.11 Å².